The van der Waals surface area contributed by atoms with Crippen LogP contribution < -0.4 is 15.5 Å². The quantitative estimate of drug-likeness (QED) is 0.168. The molecule has 0 aromatic heterocycles. The Balaban J connectivity index is 0.000000228. The van der Waals surface area contributed by atoms with Crippen molar-refractivity contribution in [2.45, 2.75) is 39.8 Å². The molecule has 0 unspecified atom stereocenters. The molecule has 0 spiro atoms. The minimum absolute atomic E-state index is 0.0276. The zero-order valence-electron chi connectivity index (χ0n) is 34.7. The Hall–Kier alpha value is -6.54. The summed E-state index contributed by atoms with van der Waals surface area (Å²) in [5, 5.41) is 0. The van der Waals surface area contributed by atoms with Crippen LogP contribution in [-0.2, 0) is 27.4 Å². The molecule has 2 heterocycles. The van der Waals surface area contributed by atoms with Crippen molar-refractivity contribution in [1.29, 1.82) is 0 Å². The Morgan fingerprint density at radius 2 is 0.883 bits per heavy atom. The summed E-state index contributed by atoms with van der Waals surface area (Å²) >= 11 is 0. The molecule has 2 N–H and O–H groups in total. The highest BCUT2D eigenvalue weighted by atomic mass is 16.5. The van der Waals surface area contributed by atoms with Gasteiger partial charge in [-0.3, -0.25) is 24.2 Å². The van der Waals surface area contributed by atoms with Crippen LogP contribution >= 0.6 is 0 Å². The van der Waals surface area contributed by atoms with Crippen LogP contribution in [-0.4, -0.2) is 121 Å². The summed E-state index contributed by atoms with van der Waals surface area (Å²) < 4.78 is 4.74. The number of nitrogens with two attached hydrogens (primary N) is 1. The summed E-state index contributed by atoms with van der Waals surface area (Å²) in [6.45, 7) is 8.48. The summed E-state index contributed by atoms with van der Waals surface area (Å²) in [7, 11) is 1.35. The SMILES string of the molecule is CC(=O)N1CCCN(C(=O)N(Cc2ccc(C(=O)CN)cc2)c2ccccc2)CC1.COC(=O)c1ccc(CN(C(=O)N2CCCN(C(C)=O)CC2)c2ccccc2)cc1. The molecular weight excluding hydrogens is 763 g/mol. The van der Waals surface area contributed by atoms with Crippen LogP contribution in [0.3, 0.4) is 0 Å². The highest BCUT2D eigenvalue weighted by Crippen LogP contribution is 2.22. The van der Waals surface area contributed by atoms with E-state index in [-0.39, 0.29) is 36.2 Å². The first kappa shape index (κ1) is 44.6. The molecule has 316 valence electrons. The fraction of sp³-hybridized carbons (Fsp3) is 0.348. The Kier molecular flexibility index (Phi) is 16.3. The fourth-order valence-electron chi connectivity index (χ4n) is 7.09. The minimum atomic E-state index is -0.392. The van der Waals surface area contributed by atoms with Gasteiger partial charge in [0, 0.05) is 83.1 Å². The number of carbonyl (C=O) groups is 6. The molecule has 14 nitrogen and oxygen atoms in total. The molecule has 2 aliphatic rings. The van der Waals surface area contributed by atoms with Crippen LogP contribution in [0.25, 0.3) is 0 Å². The van der Waals surface area contributed by atoms with Gasteiger partial charge in [0.1, 0.15) is 0 Å². The molecule has 14 heteroatoms. The van der Waals surface area contributed by atoms with Crippen molar-refractivity contribution in [1.82, 2.24) is 19.6 Å². The number of rotatable bonds is 9. The topological polar surface area (TPSA) is 157 Å². The largest absolute Gasteiger partial charge is 0.465 e. The van der Waals surface area contributed by atoms with Gasteiger partial charge in [0.25, 0.3) is 0 Å². The standard InChI is InChI=1S/C23H28N4O3.C23H27N3O4/c1-18(28)25-12-5-13-26(15-14-25)23(30)27(21-6-3-2-4-7-21)17-19-8-10-20(11-9-19)22(29)16-24;1-18(27)24-13-6-14-25(16-15-24)23(29)26(21-7-4-3-5-8-21)17-19-9-11-20(12-10-19)22(28)30-2/h2-4,6-11H,5,12-17,24H2,1H3;3-5,7-12H,6,13-17H2,1-2H3. The molecule has 4 aromatic rings. The predicted molar refractivity (Wildman–Crippen MR) is 231 cm³/mol. The van der Waals surface area contributed by atoms with Gasteiger partial charge in [-0.2, -0.15) is 0 Å². The highest BCUT2D eigenvalue weighted by molar-refractivity contribution is 5.97. The minimum Gasteiger partial charge on any atom is -0.465 e. The normalized spacial score (nSPS) is 14.1. The highest BCUT2D eigenvalue weighted by Gasteiger charge is 2.27. The van der Waals surface area contributed by atoms with Crippen molar-refractivity contribution in [2.75, 3.05) is 75.8 Å². The number of esters is 1. The number of hydrogen-bond donors (Lipinski definition) is 1. The first-order valence-electron chi connectivity index (χ1n) is 20.2. The number of para-hydroxylation sites is 2. The lowest BCUT2D eigenvalue weighted by Crippen LogP contribution is -2.45. The average molecular weight is 818 g/mol. The maximum Gasteiger partial charge on any atom is 0.337 e. The molecule has 0 atom stereocenters. The van der Waals surface area contributed by atoms with Crippen LogP contribution in [0.1, 0.15) is 58.5 Å². The second-order valence-electron chi connectivity index (χ2n) is 14.6. The Morgan fingerprint density at radius 3 is 1.25 bits per heavy atom. The van der Waals surface area contributed by atoms with Crippen LogP contribution in [0.4, 0.5) is 21.0 Å². The van der Waals surface area contributed by atoms with Gasteiger partial charge < -0.3 is 30.1 Å². The van der Waals surface area contributed by atoms with E-state index < -0.39 is 5.97 Å². The van der Waals surface area contributed by atoms with Crippen molar-refractivity contribution in [3.05, 3.63) is 131 Å². The maximum atomic E-state index is 13.4. The second kappa shape index (κ2) is 22.0. The Bertz CT molecular complexity index is 1920. The van der Waals surface area contributed by atoms with Crippen molar-refractivity contribution in [2.24, 2.45) is 5.73 Å². The molecule has 6 amide bonds. The van der Waals surface area contributed by atoms with Crippen molar-refractivity contribution in [3.63, 3.8) is 0 Å². The number of hydrogen-bond acceptors (Lipinski definition) is 8. The van der Waals surface area contributed by atoms with Crippen LogP contribution in [0.5, 0.6) is 0 Å². The Morgan fingerprint density at radius 1 is 0.517 bits per heavy atom. The lowest BCUT2D eigenvalue weighted by molar-refractivity contribution is -0.129. The van der Waals surface area contributed by atoms with Crippen molar-refractivity contribution >= 4 is 47.0 Å². The van der Waals surface area contributed by atoms with E-state index in [4.69, 9.17) is 10.5 Å². The number of amides is 6. The molecule has 6 rings (SSSR count). The monoisotopic (exact) mass is 817 g/mol. The van der Waals surface area contributed by atoms with E-state index in [1.54, 1.807) is 62.6 Å². The van der Waals surface area contributed by atoms with E-state index in [2.05, 4.69) is 0 Å². The van der Waals surface area contributed by atoms with Gasteiger partial charge >= 0.3 is 18.0 Å². The van der Waals surface area contributed by atoms with Crippen LogP contribution in [0.2, 0.25) is 0 Å². The van der Waals surface area contributed by atoms with E-state index in [0.29, 0.717) is 76.6 Å². The summed E-state index contributed by atoms with van der Waals surface area (Å²) in [5.74, 6) is -0.430. The lowest BCUT2D eigenvalue weighted by atomic mass is 10.1. The van der Waals surface area contributed by atoms with E-state index in [9.17, 15) is 28.8 Å². The van der Waals surface area contributed by atoms with E-state index >= 15 is 0 Å². The number of Topliss-reactive ketones (excluding diaryl/α,β-unsaturated/α-hetero) is 1. The third-order valence-corrected chi connectivity index (χ3v) is 10.5. The van der Waals surface area contributed by atoms with Crippen molar-refractivity contribution in [3.8, 4) is 0 Å². The zero-order chi connectivity index (χ0) is 43.0. The molecule has 2 aliphatic heterocycles. The third-order valence-electron chi connectivity index (χ3n) is 10.5. The molecule has 60 heavy (non-hydrogen) atoms. The fourth-order valence-corrected chi connectivity index (χ4v) is 7.09. The van der Waals surface area contributed by atoms with E-state index in [0.717, 1.165) is 35.3 Å². The number of anilines is 2. The zero-order valence-corrected chi connectivity index (χ0v) is 34.7. The average Bonchev–Trinajstić information content (AvgIpc) is 3.70. The van der Waals surface area contributed by atoms with Gasteiger partial charge in [0.2, 0.25) is 11.8 Å². The smallest absolute Gasteiger partial charge is 0.337 e. The number of ether oxygens (including phenoxy) is 1. The van der Waals surface area contributed by atoms with Gasteiger partial charge in [-0.05, 0) is 60.4 Å². The number of benzene rings is 4. The molecule has 0 radical (unpaired) electrons. The van der Waals surface area contributed by atoms with Gasteiger partial charge in [-0.25, -0.2) is 14.4 Å². The third kappa shape index (κ3) is 12.2. The summed E-state index contributed by atoms with van der Waals surface area (Å²) in [6.07, 6.45) is 1.51. The van der Waals surface area contributed by atoms with Crippen molar-refractivity contribution < 1.29 is 33.5 Å². The van der Waals surface area contributed by atoms with Crippen LogP contribution in [0.15, 0.2) is 109 Å². The second-order valence-corrected chi connectivity index (χ2v) is 14.6. The summed E-state index contributed by atoms with van der Waals surface area (Å²) in [6, 6.07) is 33.1. The van der Waals surface area contributed by atoms with Gasteiger partial charge in [-0.15, -0.1) is 0 Å². The van der Waals surface area contributed by atoms with Gasteiger partial charge in [0.15, 0.2) is 5.78 Å². The first-order chi connectivity index (χ1) is 29.0. The molecule has 2 saturated heterocycles. The van der Waals surface area contributed by atoms with Gasteiger partial charge in [-0.1, -0.05) is 72.8 Å². The van der Waals surface area contributed by atoms with Crippen LogP contribution in [0, 0.1) is 0 Å². The summed E-state index contributed by atoms with van der Waals surface area (Å²) in [5.41, 5.74) is 9.89. The molecular formula is C46H55N7O7. The van der Waals surface area contributed by atoms with E-state index in [1.807, 2.05) is 89.8 Å². The molecule has 2 fully saturated rings. The van der Waals surface area contributed by atoms with E-state index in [1.165, 1.54) is 7.11 Å². The maximum absolute atomic E-state index is 13.4. The number of methoxy groups -OCH3 is 1. The molecule has 0 aliphatic carbocycles. The first-order valence-corrected chi connectivity index (χ1v) is 20.2. The number of ketones is 1. The predicted octanol–water partition coefficient (Wildman–Crippen LogP) is 5.66. The number of carbonyl (C=O) groups excluding carboxylic acids is 6. The molecule has 0 saturated carbocycles. The summed E-state index contributed by atoms with van der Waals surface area (Å²) in [4.78, 5) is 84.4. The Labute approximate surface area is 352 Å². The lowest BCUT2D eigenvalue weighted by Gasteiger charge is -2.30. The molecule has 0 bridgehead atoms. The van der Waals surface area contributed by atoms with Gasteiger partial charge in [0.05, 0.1) is 32.3 Å². The molecule has 4 aromatic carbocycles. The number of urea groups is 2. The number of nitrogens with zero attached hydrogens (tertiary/aromatic N) is 6.